The van der Waals surface area contributed by atoms with Gasteiger partial charge in [0, 0.05) is 5.38 Å². The van der Waals surface area contributed by atoms with Crippen LogP contribution in [0.1, 0.15) is 31.1 Å². The number of ether oxygens (including phenoxy) is 2. The lowest BCUT2D eigenvalue weighted by Crippen LogP contribution is -2.27. The molecular weight excluding hydrogens is 320 g/mol. The maximum atomic E-state index is 12.5. The van der Waals surface area contributed by atoms with E-state index in [0.717, 1.165) is 4.57 Å². The third kappa shape index (κ3) is 3.95. The van der Waals surface area contributed by atoms with Crippen molar-refractivity contribution < 1.29 is 19.1 Å². The molecule has 0 spiro atoms. The molecule has 2 aromatic heterocycles. The number of esters is 2. The molecule has 0 amide bonds. The zero-order valence-corrected chi connectivity index (χ0v) is 14.0. The highest BCUT2D eigenvalue weighted by molar-refractivity contribution is 7.17. The van der Waals surface area contributed by atoms with Crippen molar-refractivity contribution in [3.8, 4) is 0 Å². The van der Waals surface area contributed by atoms with Crippen molar-refractivity contribution in [3.63, 3.8) is 0 Å². The van der Waals surface area contributed by atoms with Crippen LogP contribution in [0.15, 0.2) is 16.5 Å². The van der Waals surface area contributed by atoms with Gasteiger partial charge in [-0.1, -0.05) is 13.8 Å². The molecule has 0 aliphatic carbocycles. The Balaban J connectivity index is 2.30. The molecule has 0 aliphatic heterocycles. The molecule has 0 saturated carbocycles. The second-order valence-corrected chi connectivity index (χ2v) is 6.16. The molecule has 0 bridgehead atoms. The van der Waals surface area contributed by atoms with Gasteiger partial charge in [0.25, 0.3) is 5.56 Å². The first-order valence-corrected chi connectivity index (χ1v) is 8.11. The van der Waals surface area contributed by atoms with Gasteiger partial charge in [-0.05, 0) is 12.8 Å². The summed E-state index contributed by atoms with van der Waals surface area (Å²) in [6, 6.07) is 0. The van der Waals surface area contributed by atoms with E-state index in [1.807, 2.05) is 13.8 Å². The number of thiophene rings is 1. The monoisotopic (exact) mass is 338 g/mol. The lowest BCUT2D eigenvalue weighted by Gasteiger charge is -2.08. The Morgan fingerprint density at radius 2 is 2.09 bits per heavy atom. The van der Waals surface area contributed by atoms with Crippen LogP contribution in [0.5, 0.6) is 0 Å². The first-order valence-electron chi connectivity index (χ1n) is 7.23. The molecule has 124 valence electrons. The van der Waals surface area contributed by atoms with Gasteiger partial charge in [0.15, 0.2) is 0 Å². The Bertz CT molecular complexity index is 778. The number of aromatic nitrogens is 2. The summed E-state index contributed by atoms with van der Waals surface area (Å²) in [7, 11) is 0. The Labute approximate surface area is 136 Å². The first-order chi connectivity index (χ1) is 10.9. The summed E-state index contributed by atoms with van der Waals surface area (Å²) >= 11 is 1.18. The molecule has 0 atom stereocenters. The molecule has 7 nitrogen and oxygen atoms in total. The van der Waals surface area contributed by atoms with Gasteiger partial charge in [-0.15, -0.1) is 11.3 Å². The summed E-state index contributed by atoms with van der Waals surface area (Å²) in [5.41, 5.74) is -0.282. The fraction of sp³-hybridized carbons (Fsp3) is 0.467. The van der Waals surface area contributed by atoms with Crippen molar-refractivity contribution in [3.05, 3.63) is 27.6 Å². The van der Waals surface area contributed by atoms with E-state index in [1.165, 1.54) is 17.7 Å². The van der Waals surface area contributed by atoms with Crippen LogP contribution in [-0.4, -0.2) is 34.7 Å². The minimum Gasteiger partial charge on any atom is -0.464 e. The van der Waals surface area contributed by atoms with E-state index >= 15 is 0 Å². The maximum absolute atomic E-state index is 12.5. The number of rotatable bonds is 6. The van der Waals surface area contributed by atoms with E-state index in [1.54, 1.807) is 12.3 Å². The standard InChI is InChI=1S/C15H18N2O5S/c1-4-21-15(20)10-7-23-13-12(10)14(19)17(8-16-13)5-11(18)22-6-9(2)3/h7-9H,4-6H2,1-3H3. The predicted octanol–water partition coefficient (Wildman–Crippen LogP) is 1.83. The third-order valence-corrected chi connectivity index (χ3v) is 3.82. The number of hydrogen-bond donors (Lipinski definition) is 0. The summed E-state index contributed by atoms with van der Waals surface area (Å²) in [6.45, 7) is 5.79. The smallest absolute Gasteiger partial charge is 0.339 e. The molecule has 2 rings (SSSR count). The average Bonchev–Trinajstić information content (AvgIpc) is 2.93. The highest BCUT2D eigenvalue weighted by Crippen LogP contribution is 2.21. The van der Waals surface area contributed by atoms with E-state index in [4.69, 9.17) is 9.47 Å². The highest BCUT2D eigenvalue weighted by Gasteiger charge is 2.19. The van der Waals surface area contributed by atoms with Crippen LogP contribution in [0.4, 0.5) is 0 Å². The van der Waals surface area contributed by atoms with E-state index in [2.05, 4.69) is 4.98 Å². The number of hydrogen-bond acceptors (Lipinski definition) is 7. The molecule has 2 aromatic rings. The van der Waals surface area contributed by atoms with Crippen LogP contribution in [0.2, 0.25) is 0 Å². The summed E-state index contributed by atoms with van der Waals surface area (Å²) in [5.74, 6) is -0.879. The van der Waals surface area contributed by atoms with Crippen molar-refractivity contribution in [2.45, 2.75) is 27.3 Å². The van der Waals surface area contributed by atoms with Gasteiger partial charge >= 0.3 is 11.9 Å². The Morgan fingerprint density at radius 3 is 2.74 bits per heavy atom. The molecule has 0 radical (unpaired) electrons. The fourth-order valence-electron chi connectivity index (χ4n) is 1.88. The van der Waals surface area contributed by atoms with Crippen molar-refractivity contribution in [1.82, 2.24) is 9.55 Å². The molecular formula is C15H18N2O5S. The maximum Gasteiger partial charge on any atom is 0.339 e. The first kappa shape index (κ1) is 17.1. The fourth-order valence-corrected chi connectivity index (χ4v) is 2.75. The van der Waals surface area contributed by atoms with Crippen molar-refractivity contribution >= 4 is 33.5 Å². The van der Waals surface area contributed by atoms with Crippen LogP contribution in [0.25, 0.3) is 10.2 Å². The second kappa shape index (κ2) is 7.36. The summed E-state index contributed by atoms with van der Waals surface area (Å²) in [5, 5.41) is 1.71. The Morgan fingerprint density at radius 1 is 1.35 bits per heavy atom. The predicted molar refractivity (Wildman–Crippen MR) is 85.6 cm³/mol. The van der Waals surface area contributed by atoms with Crippen LogP contribution in [0, 0.1) is 5.92 Å². The van der Waals surface area contributed by atoms with Crippen molar-refractivity contribution in [2.75, 3.05) is 13.2 Å². The topological polar surface area (TPSA) is 87.5 Å². The second-order valence-electron chi connectivity index (χ2n) is 5.30. The zero-order valence-electron chi connectivity index (χ0n) is 13.2. The molecule has 0 N–H and O–H groups in total. The van der Waals surface area contributed by atoms with Gasteiger partial charge < -0.3 is 9.47 Å². The van der Waals surface area contributed by atoms with Gasteiger partial charge in [0.05, 0.1) is 30.5 Å². The van der Waals surface area contributed by atoms with E-state index in [-0.39, 0.29) is 36.6 Å². The van der Waals surface area contributed by atoms with Gasteiger partial charge in [-0.2, -0.15) is 0 Å². The molecule has 0 unspecified atom stereocenters. The lowest BCUT2D eigenvalue weighted by atomic mass is 10.2. The summed E-state index contributed by atoms with van der Waals surface area (Å²) < 4.78 is 11.1. The molecule has 23 heavy (non-hydrogen) atoms. The molecule has 2 heterocycles. The normalized spacial score (nSPS) is 11.0. The van der Waals surface area contributed by atoms with Gasteiger partial charge in [0.2, 0.25) is 0 Å². The van der Waals surface area contributed by atoms with Crippen molar-refractivity contribution in [1.29, 1.82) is 0 Å². The average molecular weight is 338 g/mol. The van der Waals surface area contributed by atoms with E-state index in [9.17, 15) is 14.4 Å². The van der Waals surface area contributed by atoms with Crippen LogP contribution < -0.4 is 5.56 Å². The minimum absolute atomic E-state index is 0.174. The quantitative estimate of drug-likeness (QED) is 0.747. The molecule has 0 saturated heterocycles. The van der Waals surface area contributed by atoms with Crippen LogP contribution in [-0.2, 0) is 20.8 Å². The van der Waals surface area contributed by atoms with Gasteiger partial charge in [0.1, 0.15) is 11.4 Å². The van der Waals surface area contributed by atoms with Crippen molar-refractivity contribution in [2.24, 2.45) is 5.92 Å². The largest absolute Gasteiger partial charge is 0.464 e. The highest BCUT2D eigenvalue weighted by atomic mass is 32.1. The SMILES string of the molecule is CCOC(=O)c1csc2ncn(CC(=O)OCC(C)C)c(=O)c12. The Hall–Kier alpha value is -2.22. The summed E-state index contributed by atoms with van der Waals surface area (Å²) in [4.78, 5) is 40.7. The van der Waals surface area contributed by atoms with E-state index < -0.39 is 17.5 Å². The number of carbonyl (C=O) groups is 2. The number of nitrogens with zero attached hydrogens (tertiary/aromatic N) is 2. The molecule has 0 aliphatic rings. The lowest BCUT2D eigenvalue weighted by molar-refractivity contribution is -0.145. The van der Waals surface area contributed by atoms with E-state index in [0.29, 0.717) is 4.83 Å². The molecule has 0 aromatic carbocycles. The van der Waals surface area contributed by atoms with Gasteiger partial charge in [-0.25, -0.2) is 9.78 Å². The summed E-state index contributed by atoms with van der Waals surface area (Å²) in [6.07, 6.45) is 1.28. The number of carbonyl (C=O) groups excluding carboxylic acids is 2. The zero-order chi connectivity index (χ0) is 17.0. The van der Waals surface area contributed by atoms with Crippen LogP contribution in [0.3, 0.4) is 0 Å². The Kier molecular flexibility index (Phi) is 5.49. The van der Waals surface area contributed by atoms with Crippen LogP contribution >= 0.6 is 11.3 Å². The third-order valence-electron chi connectivity index (χ3n) is 2.93. The molecule has 0 fully saturated rings. The van der Waals surface area contributed by atoms with Gasteiger partial charge in [-0.3, -0.25) is 14.2 Å². The minimum atomic E-state index is -0.571. The molecule has 8 heteroatoms. The number of fused-ring (bicyclic) bond motifs is 1.